The van der Waals surface area contributed by atoms with Crippen molar-refractivity contribution in [2.45, 2.75) is 6.92 Å². The molecule has 4 nitrogen and oxygen atoms in total. The van der Waals surface area contributed by atoms with Crippen LogP contribution in [0.3, 0.4) is 0 Å². The molecular weight excluding hydrogens is 288 g/mol. The maximum Gasteiger partial charge on any atom is 0.232 e. The van der Waals surface area contributed by atoms with E-state index in [9.17, 15) is 4.79 Å². The minimum atomic E-state index is -0.331. The fraction of sp³-hybridized carbons (Fsp3) is 0.105. The zero-order chi connectivity index (χ0) is 16.7. The molecule has 0 amide bonds. The van der Waals surface area contributed by atoms with Gasteiger partial charge in [0.15, 0.2) is 0 Å². The highest BCUT2D eigenvalue weighted by atomic mass is 16.5. The topological polar surface area (TPSA) is 78.3 Å². The van der Waals surface area contributed by atoms with Crippen LogP contribution >= 0.6 is 0 Å². The zero-order valence-electron chi connectivity index (χ0n) is 12.9. The van der Waals surface area contributed by atoms with E-state index in [4.69, 9.17) is 16.2 Å². The van der Waals surface area contributed by atoms with Gasteiger partial charge in [0.2, 0.25) is 5.78 Å². The third-order valence-electron chi connectivity index (χ3n) is 3.00. The summed E-state index contributed by atoms with van der Waals surface area (Å²) < 4.78 is 5.52. The van der Waals surface area contributed by atoms with Crippen LogP contribution in [0.4, 0.5) is 11.4 Å². The Morgan fingerprint density at radius 2 is 1.61 bits per heavy atom. The summed E-state index contributed by atoms with van der Waals surface area (Å²) in [4.78, 5) is 12.0. The van der Waals surface area contributed by atoms with Crippen molar-refractivity contribution in [1.29, 1.82) is 0 Å². The van der Waals surface area contributed by atoms with Gasteiger partial charge in [-0.15, -0.1) is 0 Å². The molecule has 2 rings (SSSR count). The molecule has 23 heavy (non-hydrogen) atoms. The number of allylic oxidation sites excluding steroid dienone is 1. The number of benzene rings is 2. The molecule has 4 heteroatoms. The summed E-state index contributed by atoms with van der Waals surface area (Å²) in [5.74, 6) is 5.53. The molecule has 0 bridgehead atoms. The molecule has 0 radical (unpaired) electrons. The van der Waals surface area contributed by atoms with Crippen molar-refractivity contribution in [2.75, 3.05) is 18.1 Å². The van der Waals surface area contributed by atoms with E-state index in [-0.39, 0.29) is 5.78 Å². The molecule has 0 spiro atoms. The molecule has 0 aromatic heterocycles. The van der Waals surface area contributed by atoms with Crippen molar-refractivity contribution in [2.24, 2.45) is 0 Å². The van der Waals surface area contributed by atoms with E-state index in [1.807, 2.05) is 6.92 Å². The normalized spacial score (nSPS) is 10.6. The van der Waals surface area contributed by atoms with E-state index in [2.05, 4.69) is 11.8 Å². The van der Waals surface area contributed by atoms with Gasteiger partial charge in [0.1, 0.15) is 5.76 Å². The predicted molar refractivity (Wildman–Crippen MR) is 93.2 cm³/mol. The number of carbonyl (C=O) groups excluding carboxylic acids is 1. The molecular formula is C19H18N2O2. The molecule has 4 N–H and O–H groups in total. The Hall–Kier alpha value is -3.19. The van der Waals surface area contributed by atoms with Crippen LogP contribution in [-0.2, 0) is 9.53 Å². The summed E-state index contributed by atoms with van der Waals surface area (Å²) in [6.45, 7) is 2.31. The second-order valence-electron chi connectivity index (χ2n) is 4.80. The average Bonchev–Trinajstić information content (AvgIpc) is 2.55. The van der Waals surface area contributed by atoms with Gasteiger partial charge in [-0.05, 0) is 61.4 Å². The van der Waals surface area contributed by atoms with Crippen LogP contribution in [0.25, 0.3) is 5.76 Å². The standard InChI is InChI=1S/C19H18N2O2/c1-2-23-19(15-6-10-17(21)11-7-15)13-18(22)12-5-14-3-8-16(20)9-4-14/h3-4,6-11,13H,2,20-21H2,1H3/b19-13+. The van der Waals surface area contributed by atoms with Gasteiger partial charge in [-0.1, -0.05) is 5.92 Å². The zero-order valence-corrected chi connectivity index (χ0v) is 12.9. The second kappa shape index (κ2) is 7.71. The third kappa shape index (κ3) is 4.94. The molecule has 0 aliphatic carbocycles. The largest absolute Gasteiger partial charge is 0.493 e. The van der Waals surface area contributed by atoms with Crippen LogP contribution in [0.5, 0.6) is 0 Å². The molecule has 0 heterocycles. The van der Waals surface area contributed by atoms with Gasteiger partial charge in [-0.2, -0.15) is 0 Å². The van der Waals surface area contributed by atoms with Crippen LogP contribution in [0.2, 0.25) is 0 Å². The monoisotopic (exact) mass is 306 g/mol. The Kier molecular flexibility index (Phi) is 5.43. The summed E-state index contributed by atoms with van der Waals surface area (Å²) in [6, 6.07) is 14.1. The van der Waals surface area contributed by atoms with Crippen LogP contribution in [0.1, 0.15) is 18.1 Å². The first-order valence-corrected chi connectivity index (χ1v) is 7.20. The molecule has 0 aliphatic rings. The highest BCUT2D eigenvalue weighted by molar-refractivity contribution is 6.08. The summed E-state index contributed by atoms with van der Waals surface area (Å²) >= 11 is 0. The highest BCUT2D eigenvalue weighted by Crippen LogP contribution is 2.17. The van der Waals surface area contributed by atoms with E-state index >= 15 is 0 Å². The maximum absolute atomic E-state index is 12.0. The number of rotatable bonds is 4. The number of ether oxygens (including phenoxy) is 1. The quantitative estimate of drug-likeness (QED) is 0.394. The van der Waals surface area contributed by atoms with Crippen LogP contribution in [-0.4, -0.2) is 12.4 Å². The van der Waals surface area contributed by atoms with Gasteiger partial charge in [0, 0.05) is 28.6 Å². The number of ketones is 1. The Morgan fingerprint density at radius 1 is 1.04 bits per heavy atom. The molecule has 116 valence electrons. The molecule has 0 fully saturated rings. The van der Waals surface area contributed by atoms with Crippen LogP contribution < -0.4 is 11.5 Å². The van der Waals surface area contributed by atoms with Crippen molar-refractivity contribution in [3.8, 4) is 11.8 Å². The van der Waals surface area contributed by atoms with Gasteiger partial charge in [-0.25, -0.2) is 0 Å². The van der Waals surface area contributed by atoms with Gasteiger partial charge in [-0.3, -0.25) is 4.79 Å². The van der Waals surface area contributed by atoms with Crippen LogP contribution in [0.15, 0.2) is 54.6 Å². The lowest BCUT2D eigenvalue weighted by molar-refractivity contribution is -0.109. The van der Waals surface area contributed by atoms with Gasteiger partial charge in [0.25, 0.3) is 0 Å². The van der Waals surface area contributed by atoms with Crippen molar-refractivity contribution < 1.29 is 9.53 Å². The first kappa shape index (κ1) is 16.2. The first-order valence-electron chi connectivity index (χ1n) is 7.20. The molecule has 0 saturated heterocycles. The summed E-state index contributed by atoms with van der Waals surface area (Å²) in [6.07, 6.45) is 1.39. The van der Waals surface area contributed by atoms with E-state index < -0.39 is 0 Å². The SMILES string of the molecule is CCO/C(=C/C(=O)C#Cc1ccc(N)cc1)c1ccc(N)cc1. The fourth-order valence-electron chi connectivity index (χ4n) is 1.87. The number of nitrogen functional groups attached to an aromatic ring is 2. The Balaban J connectivity index is 2.20. The Bertz CT molecular complexity index is 764. The van der Waals surface area contributed by atoms with Gasteiger partial charge in [0.05, 0.1) is 6.61 Å². The molecule has 0 saturated carbocycles. The first-order chi connectivity index (χ1) is 11.1. The molecule has 0 aliphatic heterocycles. The van der Waals surface area contributed by atoms with E-state index in [0.29, 0.717) is 23.7 Å². The average molecular weight is 306 g/mol. The smallest absolute Gasteiger partial charge is 0.232 e. The number of hydrogen-bond acceptors (Lipinski definition) is 4. The lowest BCUT2D eigenvalue weighted by Crippen LogP contribution is -1.97. The Morgan fingerprint density at radius 3 is 2.17 bits per heavy atom. The lowest BCUT2D eigenvalue weighted by Gasteiger charge is -2.08. The van der Waals surface area contributed by atoms with Gasteiger partial charge < -0.3 is 16.2 Å². The molecule has 0 unspecified atom stereocenters. The van der Waals surface area contributed by atoms with Gasteiger partial charge >= 0.3 is 0 Å². The number of nitrogens with two attached hydrogens (primary N) is 2. The molecule has 0 atom stereocenters. The summed E-state index contributed by atoms with van der Waals surface area (Å²) in [7, 11) is 0. The van der Waals surface area contributed by atoms with Crippen molar-refractivity contribution in [1.82, 2.24) is 0 Å². The van der Waals surface area contributed by atoms with E-state index in [1.165, 1.54) is 6.08 Å². The predicted octanol–water partition coefficient (Wildman–Crippen LogP) is 2.85. The molecule has 2 aromatic carbocycles. The minimum absolute atomic E-state index is 0.331. The highest BCUT2D eigenvalue weighted by Gasteiger charge is 2.04. The van der Waals surface area contributed by atoms with Crippen LogP contribution in [0, 0.1) is 11.8 Å². The van der Waals surface area contributed by atoms with Crippen molar-refractivity contribution >= 4 is 22.9 Å². The van der Waals surface area contributed by atoms with Crippen molar-refractivity contribution in [3.05, 3.63) is 65.7 Å². The summed E-state index contributed by atoms with van der Waals surface area (Å²) in [5.41, 5.74) is 14.1. The number of carbonyl (C=O) groups is 1. The minimum Gasteiger partial charge on any atom is -0.493 e. The summed E-state index contributed by atoms with van der Waals surface area (Å²) in [5, 5.41) is 0. The van der Waals surface area contributed by atoms with E-state index in [1.54, 1.807) is 48.5 Å². The fourth-order valence-corrected chi connectivity index (χ4v) is 1.87. The lowest BCUT2D eigenvalue weighted by atomic mass is 10.1. The Labute approximate surface area is 135 Å². The number of hydrogen-bond donors (Lipinski definition) is 2. The number of anilines is 2. The second-order valence-corrected chi connectivity index (χ2v) is 4.80. The van der Waals surface area contributed by atoms with E-state index in [0.717, 1.165) is 11.1 Å². The maximum atomic E-state index is 12.0. The molecule has 2 aromatic rings. The third-order valence-corrected chi connectivity index (χ3v) is 3.00. The van der Waals surface area contributed by atoms with Crippen molar-refractivity contribution in [3.63, 3.8) is 0 Å².